The number of tetrazole rings is 1. The molecular formula is C18H13F2N7O. The third-order valence-corrected chi connectivity index (χ3v) is 3.81. The van der Waals surface area contributed by atoms with Gasteiger partial charge >= 0.3 is 0 Å². The van der Waals surface area contributed by atoms with Crippen LogP contribution in [0, 0.1) is 11.6 Å². The van der Waals surface area contributed by atoms with Gasteiger partial charge in [-0.15, -0.1) is 15.0 Å². The van der Waals surface area contributed by atoms with Gasteiger partial charge in [0, 0.05) is 23.5 Å². The number of nitrogens with one attached hydrogen (secondary N) is 1. The highest BCUT2D eigenvalue weighted by molar-refractivity contribution is 6.02. The second kappa shape index (κ2) is 7.35. The van der Waals surface area contributed by atoms with Crippen LogP contribution >= 0.6 is 0 Å². The summed E-state index contributed by atoms with van der Waals surface area (Å²) in [5.41, 5.74) is 1.07. The minimum Gasteiger partial charge on any atom is -0.320 e. The molecule has 0 aliphatic carbocycles. The number of hydrogen-bond donors (Lipinski definition) is 1. The summed E-state index contributed by atoms with van der Waals surface area (Å²) in [6.07, 6.45) is 1.58. The SMILES string of the molecule is O=C(Nc1ccc(F)c(F)c1)c1ccn(Cn2nnc(-c3ccccc3)n2)n1. The molecular weight excluding hydrogens is 368 g/mol. The summed E-state index contributed by atoms with van der Waals surface area (Å²) < 4.78 is 27.6. The summed E-state index contributed by atoms with van der Waals surface area (Å²) in [6, 6.07) is 14.0. The van der Waals surface area contributed by atoms with E-state index < -0.39 is 17.5 Å². The maximum Gasteiger partial charge on any atom is 0.276 e. The van der Waals surface area contributed by atoms with Gasteiger partial charge in [0.2, 0.25) is 5.82 Å². The summed E-state index contributed by atoms with van der Waals surface area (Å²) in [4.78, 5) is 13.6. The number of halogens is 2. The lowest BCUT2D eigenvalue weighted by Gasteiger charge is -2.03. The summed E-state index contributed by atoms with van der Waals surface area (Å²) in [7, 11) is 0. The van der Waals surface area contributed by atoms with Crippen molar-refractivity contribution < 1.29 is 13.6 Å². The maximum absolute atomic E-state index is 13.2. The molecule has 140 valence electrons. The molecule has 0 saturated carbocycles. The van der Waals surface area contributed by atoms with E-state index in [9.17, 15) is 13.6 Å². The quantitative estimate of drug-likeness (QED) is 0.574. The first-order valence-corrected chi connectivity index (χ1v) is 8.21. The Kier molecular flexibility index (Phi) is 4.58. The number of carbonyl (C=O) groups is 1. The molecule has 0 bridgehead atoms. The number of anilines is 1. The van der Waals surface area contributed by atoms with E-state index in [4.69, 9.17) is 0 Å². The van der Waals surface area contributed by atoms with E-state index in [1.54, 1.807) is 6.20 Å². The number of rotatable bonds is 5. The van der Waals surface area contributed by atoms with Crippen molar-refractivity contribution in [3.63, 3.8) is 0 Å². The van der Waals surface area contributed by atoms with Crippen molar-refractivity contribution in [1.82, 2.24) is 30.0 Å². The number of nitrogens with zero attached hydrogens (tertiary/aromatic N) is 6. The molecule has 2 aromatic carbocycles. The number of benzene rings is 2. The fourth-order valence-corrected chi connectivity index (χ4v) is 2.47. The van der Waals surface area contributed by atoms with Crippen LogP contribution in [0.4, 0.5) is 14.5 Å². The lowest BCUT2D eigenvalue weighted by Crippen LogP contribution is -2.16. The normalized spacial score (nSPS) is 10.8. The third kappa shape index (κ3) is 3.75. The number of carbonyl (C=O) groups excluding carboxylic acids is 1. The van der Waals surface area contributed by atoms with Crippen LogP contribution in [-0.4, -0.2) is 35.9 Å². The summed E-state index contributed by atoms with van der Waals surface area (Å²) in [6.45, 7) is 0.151. The Morgan fingerprint density at radius 2 is 1.82 bits per heavy atom. The molecule has 4 aromatic rings. The third-order valence-electron chi connectivity index (χ3n) is 3.81. The van der Waals surface area contributed by atoms with E-state index in [1.807, 2.05) is 30.3 Å². The van der Waals surface area contributed by atoms with Crippen LogP contribution < -0.4 is 5.32 Å². The minimum atomic E-state index is -1.05. The molecule has 0 aliphatic rings. The molecule has 4 rings (SSSR count). The number of hydrogen-bond acceptors (Lipinski definition) is 5. The summed E-state index contributed by atoms with van der Waals surface area (Å²) >= 11 is 0. The first kappa shape index (κ1) is 17.5. The zero-order valence-corrected chi connectivity index (χ0v) is 14.3. The molecule has 0 radical (unpaired) electrons. The Morgan fingerprint density at radius 3 is 2.61 bits per heavy atom. The van der Waals surface area contributed by atoms with E-state index in [0.717, 1.165) is 17.7 Å². The molecule has 2 heterocycles. The van der Waals surface area contributed by atoms with Crippen molar-refractivity contribution >= 4 is 11.6 Å². The zero-order chi connectivity index (χ0) is 19.5. The Bertz CT molecular complexity index is 1120. The van der Waals surface area contributed by atoms with Gasteiger partial charge in [0.05, 0.1) is 0 Å². The highest BCUT2D eigenvalue weighted by Crippen LogP contribution is 2.14. The van der Waals surface area contributed by atoms with Gasteiger partial charge in [0.1, 0.15) is 0 Å². The van der Waals surface area contributed by atoms with Crippen LogP contribution in [0.2, 0.25) is 0 Å². The van der Waals surface area contributed by atoms with Gasteiger partial charge in [-0.3, -0.25) is 4.79 Å². The molecule has 0 atom stereocenters. The molecule has 28 heavy (non-hydrogen) atoms. The first-order chi connectivity index (χ1) is 13.6. The largest absolute Gasteiger partial charge is 0.320 e. The maximum atomic E-state index is 13.2. The van der Waals surface area contributed by atoms with Crippen LogP contribution in [0.15, 0.2) is 60.8 Å². The van der Waals surface area contributed by atoms with Crippen molar-refractivity contribution in [2.75, 3.05) is 5.32 Å². The van der Waals surface area contributed by atoms with E-state index in [-0.39, 0.29) is 18.1 Å². The number of aromatic nitrogens is 6. The first-order valence-electron chi connectivity index (χ1n) is 8.21. The average Bonchev–Trinajstić information content (AvgIpc) is 3.36. The summed E-state index contributed by atoms with van der Waals surface area (Å²) in [5, 5.41) is 18.8. The number of amides is 1. The Balaban J connectivity index is 1.43. The van der Waals surface area contributed by atoms with Crippen molar-refractivity contribution in [1.29, 1.82) is 0 Å². The van der Waals surface area contributed by atoms with Gasteiger partial charge in [-0.1, -0.05) is 30.3 Å². The molecule has 10 heteroatoms. The van der Waals surface area contributed by atoms with Crippen molar-refractivity contribution in [2.45, 2.75) is 6.67 Å². The van der Waals surface area contributed by atoms with Gasteiger partial charge in [0.25, 0.3) is 5.91 Å². The van der Waals surface area contributed by atoms with Gasteiger partial charge < -0.3 is 5.32 Å². The van der Waals surface area contributed by atoms with E-state index in [0.29, 0.717) is 5.82 Å². The fraction of sp³-hybridized carbons (Fsp3) is 0.0556. The van der Waals surface area contributed by atoms with Crippen LogP contribution in [-0.2, 0) is 6.67 Å². The van der Waals surface area contributed by atoms with E-state index >= 15 is 0 Å². The molecule has 0 aliphatic heterocycles. The predicted octanol–water partition coefficient (Wildman–Crippen LogP) is 2.57. The van der Waals surface area contributed by atoms with Crippen LogP contribution in [0.1, 0.15) is 10.5 Å². The van der Waals surface area contributed by atoms with Crippen molar-refractivity contribution in [3.8, 4) is 11.4 Å². The van der Waals surface area contributed by atoms with Gasteiger partial charge in [0.15, 0.2) is 24.0 Å². The van der Waals surface area contributed by atoms with Crippen LogP contribution in [0.5, 0.6) is 0 Å². The lowest BCUT2D eigenvalue weighted by molar-refractivity contribution is 0.102. The fourth-order valence-electron chi connectivity index (χ4n) is 2.47. The van der Waals surface area contributed by atoms with E-state index in [1.165, 1.54) is 21.6 Å². The smallest absolute Gasteiger partial charge is 0.276 e. The molecule has 0 spiro atoms. The minimum absolute atomic E-state index is 0.105. The Morgan fingerprint density at radius 1 is 1.00 bits per heavy atom. The van der Waals surface area contributed by atoms with Gasteiger partial charge in [-0.25, -0.2) is 13.5 Å². The van der Waals surface area contributed by atoms with Gasteiger partial charge in [-0.05, 0) is 23.4 Å². The average molecular weight is 381 g/mol. The molecule has 0 unspecified atom stereocenters. The zero-order valence-electron chi connectivity index (χ0n) is 14.3. The molecule has 8 nitrogen and oxygen atoms in total. The van der Waals surface area contributed by atoms with Crippen molar-refractivity contribution in [3.05, 3.63) is 78.1 Å². The second-order valence-electron chi connectivity index (χ2n) is 5.82. The van der Waals surface area contributed by atoms with Crippen LogP contribution in [0.25, 0.3) is 11.4 Å². The Labute approximate surface area is 157 Å². The standard InChI is InChI=1S/C18H13F2N7O/c19-14-7-6-13(10-15(14)20)21-18(28)16-8-9-26(23-16)11-27-24-17(22-25-27)12-4-2-1-3-5-12/h1-10H,11H2,(H,21,28). The molecule has 0 fully saturated rings. The molecule has 0 saturated heterocycles. The topological polar surface area (TPSA) is 90.5 Å². The molecule has 1 amide bonds. The Hall–Kier alpha value is -3.95. The van der Waals surface area contributed by atoms with Crippen molar-refractivity contribution in [2.24, 2.45) is 0 Å². The second-order valence-corrected chi connectivity index (χ2v) is 5.82. The molecule has 2 aromatic heterocycles. The highest BCUT2D eigenvalue weighted by atomic mass is 19.2. The lowest BCUT2D eigenvalue weighted by atomic mass is 10.2. The highest BCUT2D eigenvalue weighted by Gasteiger charge is 2.12. The summed E-state index contributed by atoms with van der Waals surface area (Å²) in [5.74, 6) is -2.11. The van der Waals surface area contributed by atoms with E-state index in [2.05, 4.69) is 25.8 Å². The monoisotopic (exact) mass is 381 g/mol. The van der Waals surface area contributed by atoms with Crippen LogP contribution in [0.3, 0.4) is 0 Å². The van der Waals surface area contributed by atoms with Gasteiger partial charge in [-0.2, -0.15) is 5.10 Å². The molecule has 1 N–H and O–H groups in total. The predicted molar refractivity (Wildman–Crippen MR) is 95.2 cm³/mol.